The van der Waals surface area contributed by atoms with Gasteiger partial charge >= 0.3 is 0 Å². The Morgan fingerprint density at radius 3 is 2.55 bits per heavy atom. The number of rotatable bonds is 2. The highest BCUT2D eigenvalue weighted by molar-refractivity contribution is 7.90. The normalized spacial score (nSPS) is 11.8. The lowest BCUT2D eigenvalue weighted by molar-refractivity contribution is 0.481. The van der Waals surface area contributed by atoms with Crippen LogP contribution in [-0.2, 0) is 10.0 Å². The Hall–Kier alpha value is -1.98. The number of hydrogen-bond acceptors (Lipinski definition) is 3. The fourth-order valence-corrected chi connectivity index (χ4v) is 3.73. The number of benzene rings is 2. The number of phenols is 1. The van der Waals surface area contributed by atoms with Crippen molar-refractivity contribution in [1.29, 1.82) is 0 Å². The third kappa shape index (κ3) is 1.95. The molecule has 0 unspecified atom stereocenters. The second-order valence-corrected chi connectivity index (χ2v) is 6.54. The van der Waals surface area contributed by atoms with Crippen LogP contribution in [0.15, 0.2) is 59.6 Å². The van der Waals surface area contributed by atoms with E-state index < -0.39 is 10.0 Å². The van der Waals surface area contributed by atoms with Crippen molar-refractivity contribution in [3.63, 3.8) is 0 Å². The Bertz CT molecular complexity index is 900. The van der Waals surface area contributed by atoms with E-state index in [9.17, 15) is 13.5 Å². The van der Waals surface area contributed by atoms with Crippen LogP contribution >= 0.6 is 11.6 Å². The largest absolute Gasteiger partial charge is 0.507 e. The average Bonchev–Trinajstić information content (AvgIpc) is 2.85. The molecule has 20 heavy (non-hydrogen) atoms. The van der Waals surface area contributed by atoms with E-state index in [4.69, 9.17) is 11.6 Å². The van der Waals surface area contributed by atoms with Crippen molar-refractivity contribution in [2.24, 2.45) is 0 Å². The van der Waals surface area contributed by atoms with Crippen molar-refractivity contribution < 1.29 is 13.5 Å². The van der Waals surface area contributed by atoms with E-state index in [0.29, 0.717) is 15.9 Å². The highest BCUT2D eigenvalue weighted by Gasteiger charge is 2.19. The molecular weight excluding hydrogens is 298 g/mol. The number of phenolic OH excluding ortho intramolecular Hbond substituents is 1. The monoisotopic (exact) mass is 307 g/mol. The van der Waals surface area contributed by atoms with Crippen molar-refractivity contribution in [3.8, 4) is 5.75 Å². The molecule has 0 fully saturated rings. The van der Waals surface area contributed by atoms with E-state index in [-0.39, 0.29) is 10.6 Å². The third-order valence-corrected chi connectivity index (χ3v) is 4.95. The van der Waals surface area contributed by atoms with E-state index in [1.807, 2.05) is 0 Å². The van der Waals surface area contributed by atoms with Gasteiger partial charge in [0.1, 0.15) is 5.75 Å². The molecule has 0 radical (unpaired) electrons. The van der Waals surface area contributed by atoms with E-state index >= 15 is 0 Å². The maximum Gasteiger partial charge on any atom is 0.268 e. The van der Waals surface area contributed by atoms with E-state index in [2.05, 4.69) is 0 Å². The highest BCUT2D eigenvalue weighted by atomic mass is 35.5. The first-order valence-electron chi connectivity index (χ1n) is 5.80. The summed E-state index contributed by atoms with van der Waals surface area (Å²) in [5, 5.41) is 10.6. The molecule has 0 amide bonds. The minimum atomic E-state index is -3.74. The molecule has 6 heteroatoms. The summed E-state index contributed by atoms with van der Waals surface area (Å²) < 4.78 is 26.3. The number of fused-ring (bicyclic) bond motifs is 1. The van der Waals surface area contributed by atoms with E-state index in [0.717, 1.165) is 3.97 Å². The Balaban J connectivity index is 2.27. The van der Waals surface area contributed by atoms with Gasteiger partial charge in [-0.1, -0.05) is 23.7 Å². The van der Waals surface area contributed by atoms with Gasteiger partial charge < -0.3 is 5.11 Å². The first-order valence-corrected chi connectivity index (χ1v) is 7.62. The summed E-state index contributed by atoms with van der Waals surface area (Å²) in [4.78, 5) is 0.103. The molecule has 3 rings (SSSR count). The maximum atomic E-state index is 12.6. The predicted octanol–water partition coefficient (Wildman–Crippen LogP) is 3.24. The van der Waals surface area contributed by atoms with Gasteiger partial charge in [-0.15, -0.1) is 0 Å². The molecule has 0 atom stereocenters. The molecule has 0 saturated heterocycles. The Labute approximate surface area is 120 Å². The van der Waals surface area contributed by atoms with Crippen LogP contribution in [0.1, 0.15) is 0 Å². The minimum absolute atomic E-state index is 0.0440. The fourth-order valence-electron chi connectivity index (χ4n) is 2.08. The lowest BCUT2D eigenvalue weighted by Crippen LogP contribution is -2.11. The molecule has 0 aliphatic carbocycles. The summed E-state index contributed by atoms with van der Waals surface area (Å²) in [6.45, 7) is 0. The summed E-state index contributed by atoms with van der Waals surface area (Å²) in [6, 6.07) is 12.4. The molecule has 0 spiro atoms. The zero-order valence-electron chi connectivity index (χ0n) is 10.2. The standard InChI is InChI=1S/C14H10ClNO3S/c15-10-3-1-4-11(9-10)20(18,19)16-8-7-12-13(16)5-2-6-14(12)17/h1-9,17H. The average molecular weight is 308 g/mol. The molecule has 0 saturated carbocycles. The van der Waals surface area contributed by atoms with Crippen LogP contribution in [0.4, 0.5) is 0 Å². The minimum Gasteiger partial charge on any atom is -0.507 e. The molecule has 1 heterocycles. The second kappa shape index (κ2) is 4.54. The number of hydrogen-bond donors (Lipinski definition) is 1. The molecule has 2 aromatic carbocycles. The first-order chi connectivity index (χ1) is 9.50. The molecule has 0 aliphatic heterocycles. The first kappa shape index (κ1) is 13.0. The Morgan fingerprint density at radius 1 is 1.05 bits per heavy atom. The van der Waals surface area contributed by atoms with Crippen molar-refractivity contribution in [1.82, 2.24) is 3.97 Å². The van der Waals surface area contributed by atoms with Gasteiger partial charge in [-0.05, 0) is 36.4 Å². The molecule has 0 bridgehead atoms. The lowest BCUT2D eigenvalue weighted by atomic mass is 10.2. The molecule has 4 nitrogen and oxygen atoms in total. The van der Waals surface area contributed by atoms with Gasteiger partial charge in [0.25, 0.3) is 10.0 Å². The molecule has 102 valence electrons. The van der Waals surface area contributed by atoms with Crippen LogP contribution in [0.2, 0.25) is 5.02 Å². The quantitative estimate of drug-likeness (QED) is 0.790. The zero-order valence-corrected chi connectivity index (χ0v) is 11.8. The molecule has 0 aliphatic rings. The second-order valence-electron chi connectivity index (χ2n) is 4.28. The van der Waals surface area contributed by atoms with Crippen LogP contribution < -0.4 is 0 Å². The van der Waals surface area contributed by atoms with Gasteiger partial charge in [0.05, 0.1) is 10.4 Å². The number of aromatic nitrogens is 1. The van der Waals surface area contributed by atoms with Crippen molar-refractivity contribution in [2.75, 3.05) is 0 Å². The molecule has 1 N–H and O–H groups in total. The van der Waals surface area contributed by atoms with Gasteiger partial charge in [0, 0.05) is 16.6 Å². The van der Waals surface area contributed by atoms with Crippen molar-refractivity contribution >= 4 is 32.5 Å². The lowest BCUT2D eigenvalue weighted by Gasteiger charge is -2.08. The number of aromatic hydroxyl groups is 1. The predicted molar refractivity (Wildman–Crippen MR) is 77.6 cm³/mol. The number of nitrogens with zero attached hydrogens (tertiary/aromatic N) is 1. The van der Waals surface area contributed by atoms with Crippen molar-refractivity contribution in [2.45, 2.75) is 4.90 Å². The fraction of sp³-hybridized carbons (Fsp3) is 0. The van der Waals surface area contributed by atoms with Crippen LogP contribution in [0.25, 0.3) is 10.9 Å². The summed E-state index contributed by atoms with van der Waals surface area (Å²) in [7, 11) is -3.74. The SMILES string of the molecule is O=S(=O)(c1cccc(Cl)c1)n1ccc2c(O)cccc21. The summed E-state index contributed by atoms with van der Waals surface area (Å²) in [6.07, 6.45) is 1.42. The van der Waals surface area contributed by atoms with E-state index in [1.165, 1.54) is 24.4 Å². The molecular formula is C14H10ClNO3S. The topological polar surface area (TPSA) is 59.3 Å². The maximum absolute atomic E-state index is 12.6. The van der Waals surface area contributed by atoms with Gasteiger partial charge in [0.15, 0.2) is 0 Å². The summed E-state index contributed by atoms with van der Waals surface area (Å²) in [5.41, 5.74) is 0.421. The zero-order chi connectivity index (χ0) is 14.3. The van der Waals surface area contributed by atoms with Crippen LogP contribution in [0.3, 0.4) is 0 Å². The van der Waals surface area contributed by atoms with Gasteiger partial charge in [-0.2, -0.15) is 0 Å². The van der Waals surface area contributed by atoms with Gasteiger partial charge in [0.2, 0.25) is 0 Å². The summed E-state index contributed by atoms with van der Waals surface area (Å²) in [5.74, 6) is 0.0440. The molecule has 3 aromatic rings. The van der Waals surface area contributed by atoms with Crippen LogP contribution in [0.5, 0.6) is 5.75 Å². The van der Waals surface area contributed by atoms with Crippen molar-refractivity contribution in [3.05, 3.63) is 59.8 Å². The van der Waals surface area contributed by atoms with Crippen LogP contribution in [0, 0.1) is 0 Å². The number of halogens is 1. The molecule has 1 aromatic heterocycles. The smallest absolute Gasteiger partial charge is 0.268 e. The Kier molecular flexibility index (Phi) is 2.96. The van der Waals surface area contributed by atoms with Gasteiger partial charge in [-0.25, -0.2) is 12.4 Å². The Morgan fingerprint density at radius 2 is 1.80 bits per heavy atom. The van der Waals surface area contributed by atoms with E-state index in [1.54, 1.807) is 30.3 Å². The third-order valence-electron chi connectivity index (χ3n) is 3.03. The highest BCUT2D eigenvalue weighted by Crippen LogP contribution is 2.28. The van der Waals surface area contributed by atoms with Gasteiger partial charge in [-0.3, -0.25) is 0 Å². The summed E-state index contributed by atoms with van der Waals surface area (Å²) >= 11 is 5.84. The van der Waals surface area contributed by atoms with Crippen LogP contribution in [-0.4, -0.2) is 17.5 Å².